The highest BCUT2D eigenvalue weighted by molar-refractivity contribution is 5.96. The Kier molecular flexibility index (Phi) is 4.23. The molecule has 5 heteroatoms. The standard InChI is InChI=1S/C21H21FN2O2/c22-17-8-6-16(7-9-17)12-19(25)23-11-10-21(14-23)13-20(26)24(15-21)18-4-2-1-3-5-18/h1-9H,10-15H2/t21-/m1/s1. The van der Waals surface area contributed by atoms with Gasteiger partial charge in [-0.3, -0.25) is 9.59 Å². The number of benzene rings is 2. The number of nitrogens with zero attached hydrogens (tertiary/aromatic N) is 2. The van der Waals surface area contributed by atoms with Crippen LogP contribution in [0.2, 0.25) is 0 Å². The van der Waals surface area contributed by atoms with E-state index in [0.29, 0.717) is 26.1 Å². The molecule has 2 fully saturated rings. The maximum absolute atomic E-state index is 13.0. The maximum Gasteiger partial charge on any atom is 0.227 e. The third-order valence-corrected chi connectivity index (χ3v) is 5.45. The van der Waals surface area contributed by atoms with Gasteiger partial charge in [0, 0.05) is 37.2 Å². The van der Waals surface area contributed by atoms with Gasteiger partial charge >= 0.3 is 0 Å². The fourth-order valence-electron chi connectivity index (χ4n) is 4.05. The molecule has 0 unspecified atom stereocenters. The fourth-order valence-corrected chi connectivity index (χ4v) is 4.05. The SMILES string of the molecule is O=C(Cc1ccc(F)cc1)N1CC[C@@]2(CC(=O)N(c3ccccc3)C2)C1. The van der Waals surface area contributed by atoms with Gasteiger partial charge in [0.05, 0.1) is 6.42 Å². The smallest absolute Gasteiger partial charge is 0.227 e. The highest BCUT2D eigenvalue weighted by Crippen LogP contribution is 2.41. The third-order valence-electron chi connectivity index (χ3n) is 5.45. The first kappa shape index (κ1) is 16.8. The number of halogens is 1. The maximum atomic E-state index is 13.0. The van der Waals surface area contributed by atoms with Crippen molar-refractivity contribution in [2.45, 2.75) is 19.3 Å². The molecule has 0 N–H and O–H groups in total. The van der Waals surface area contributed by atoms with E-state index in [1.54, 1.807) is 12.1 Å². The topological polar surface area (TPSA) is 40.6 Å². The molecule has 0 aromatic heterocycles. The van der Waals surface area contributed by atoms with Crippen molar-refractivity contribution in [3.05, 3.63) is 66.0 Å². The van der Waals surface area contributed by atoms with E-state index in [9.17, 15) is 14.0 Å². The van der Waals surface area contributed by atoms with Gasteiger partial charge in [0.2, 0.25) is 11.8 Å². The van der Waals surface area contributed by atoms with E-state index in [1.165, 1.54) is 12.1 Å². The molecule has 2 heterocycles. The molecule has 0 saturated carbocycles. The van der Waals surface area contributed by atoms with E-state index in [1.807, 2.05) is 40.1 Å². The van der Waals surface area contributed by atoms with Gasteiger partial charge in [0.15, 0.2) is 0 Å². The number of carbonyl (C=O) groups is 2. The highest BCUT2D eigenvalue weighted by Gasteiger charge is 2.48. The van der Waals surface area contributed by atoms with Gasteiger partial charge in [-0.25, -0.2) is 4.39 Å². The van der Waals surface area contributed by atoms with Crippen molar-refractivity contribution in [3.8, 4) is 0 Å². The first-order valence-electron chi connectivity index (χ1n) is 8.92. The summed E-state index contributed by atoms with van der Waals surface area (Å²) in [5.74, 6) is -0.130. The molecule has 1 spiro atoms. The summed E-state index contributed by atoms with van der Waals surface area (Å²) in [7, 11) is 0. The monoisotopic (exact) mass is 352 g/mol. The van der Waals surface area contributed by atoms with Crippen LogP contribution in [-0.4, -0.2) is 36.3 Å². The minimum Gasteiger partial charge on any atom is -0.342 e. The van der Waals surface area contributed by atoms with Gasteiger partial charge in [-0.2, -0.15) is 0 Å². The zero-order valence-corrected chi connectivity index (χ0v) is 14.5. The van der Waals surface area contributed by atoms with E-state index in [2.05, 4.69) is 0 Å². The Balaban J connectivity index is 1.42. The fraction of sp³-hybridized carbons (Fsp3) is 0.333. The Morgan fingerprint density at radius 3 is 2.50 bits per heavy atom. The summed E-state index contributed by atoms with van der Waals surface area (Å²) in [5, 5.41) is 0. The van der Waals surface area contributed by atoms with Crippen LogP contribution in [-0.2, 0) is 16.0 Å². The number of carbonyl (C=O) groups excluding carboxylic acids is 2. The normalized spacial score (nSPS) is 22.4. The van der Waals surface area contributed by atoms with Crippen LogP contribution in [0.15, 0.2) is 54.6 Å². The summed E-state index contributed by atoms with van der Waals surface area (Å²) in [4.78, 5) is 28.8. The second-order valence-corrected chi connectivity index (χ2v) is 7.36. The number of likely N-dealkylation sites (tertiary alicyclic amines) is 1. The van der Waals surface area contributed by atoms with E-state index in [-0.39, 0.29) is 29.5 Å². The summed E-state index contributed by atoms with van der Waals surface area (Å²) in [6.07, 6.45) is 1.60. The molecule has 2 aromatic carbocycles. The van der Waals surface area contributed by atoms with Crippen molar-refractivity contribution in [1.29, 1.82) is 0 Å². The molecular weight excluding hydrogens is 331 g/mol. The van der Waals surface area contributed by atoms with Crippen LogP contribution < -0.4 is 4.90 Å². The molecular formula is C21H21FN2O2. The second-order valence-electron chi connectivity index (χ2n) is 7.36. The molecule has 0 aliphatic carbocycles. The Bertz CT molecular complexity index is 822. The number of para-hydroxylation sites is 1. The molecule has 0 radical (unpaired) electrons. The molecule has 2 saturated heterocycles. The molecule has 0 bridgehead atoms. The van der Waals surface area contributed by atoms with Gasteiger partial charge in [-0.15, -0.1) is 0 Å². The lowest BCUT2D eigenvalue weighted by Crippen LogP contribution is -2.34. The zero-order chi connectivity index (χ0) is 18.1. The van der Waals surface area contributed by atoms with Crippen molar-refractivity contribution < 1.29 is 14.0 Å². The van der Waals surface area contributed by atoms with Crippen molar-refractivity contribution in [2.75, 3.05) is 24.5 Å². The number of hydrogen-bond acceptors (Lipinski definition) is 2. The van der Waals surface area contributed by atoms with E-state index in [4.69, 9.17) is 0 Å². The van der Waals surface area contributed by atoms with Gasteiger partial charge in [0.25, 0.3) is 0 Å². The van der Waals surface area contributed by atoms with Crippen molar-refractivity contribution in [1.82, 2.24) is 4.90 Å². The molecule has 4 rings (SSSR count). The summed E-state index contributed by atoms with van der Waals surface area (Å²) in [6.45, 7) is 1.95. The zero-order valence-electron chi connectivity index (χ0n) is 14.5. The van der Waals surface area contributed by atoms with Gasteiger partial charge in [0.1, 0.15) is 5.82 Å². The number of rotatable bonds is 3. The molecule has 134 valence electrons. The molecule has 2 aliphatic heterocycles. The Morgan fingerprint density at radius 2 is 1.77 bits per heavy atom. The number of hydrogen-bond donors (Lipinski definition) is 0. The van der Waals surface area contributed by atoms with Crippen LogP contribution in [0.5, 0.6) is 0 Å². The van der Waals surface area contributed by atoms with Gasteiger partial charge in [-0.1, -0.05) is 30.3 Å². The molecule has 2 aromatic rings. The predicted octanol–water partition coefficient (Wildman–Crippen LogP) is 3.02. The third kappa shape index (κ3) is 3.21. The summed E-state index contributed by atoms with van der Waals surface area (Å²) in [5.41, 5.74) is 1.59. The molecule has 26 heavy (non-hydrogen) atoms. The second kappa shape index (κ2) is 6.56. The molecule has 2 aliphatic rings. The lowest BCUT2D eigenvalue weighted by molar-refractivity contribution is -0.130. The first-order chi connectivity index (χ1) is 12.5. The first-order valence-corrected chi connectivity index (χ1v) is 8.92. The van der Waals surface area contributed by atoms with Gasteiger partial charge in [-0.05, 0) is 36.2 Å². The minimum absolute atomic E-state index is 0.0408. The van der Waals surface area contributed by atoms with Crippen LogP contribution in [0, 0.1) is 11.2 Å². The quantitative estimate of drug-likeness (QED) is 0.852. The average molecular weight is 352 g/mol. The highest BCUT2D eigenvalue weighted by atomic mass is 19.1. The van der Waals surface area contributed by atoms with E-state index in [0.717, 1.165) is 17.7 Å². The average Bonchev–Trinajstić information content (AvgIpc) is 3.21. The Morgan fingerprint density at radius 1 is 1.04 bits per heavy atom. The summed E-state index contributed by atoms with van der Waals surface area (Å²) in [6, 6.07) is 15.7. The Labute approximate surface area is 152 Å². The summed E-state index contributed by atoms with van der Waals surface area (Å²) >= 11 is 0. The van der Waals surface area contributed by atoms with Crippen LogP contribution in [0.3, 0.4) is 0 Å². The number of anilines is 1. The van der Waals surface area contributed by atoms with Crippen molar-refractivity contribution in [2.24, 2.45) is 5.41 Å². The summed E-state index contributed by atoms with van der Waals surface area (Å²) < 4.78 is 13.0. The lowest BCUT2D eigenvalue weighted by atomic mass is 9.86. The molecule has 2 amide bonds. The van der Waals surface area contributed by atoms with E-state index >= 15 is 0 Å². The minimum atomic E-state index is -0.299. The lowest BCUT2D eigenvalue weighted by Gasteiger charge is -2.24. The van der Waals surface area contributed by atoms with E-state index < -0.39 is 0 Å². The predicted molar refractivity (Wildman–Crippen MR) is 97.1 cm³/mol. The van der Waals surface area contributed by atoms with Crippen molar-refractivity contribution in [3.63, 3.8) is 0 Å². The van der Waals surface area contributed by atoms with Crippen LogP contribution in [0.4, 0.5) is 10.1 Å². The largest absolute Gasteiger partial charge is 0.342 e. The van der Waals surface area contributed by atoms with Crippen LogP contribution >= 0.6 is 0 Å². The Hall–Kier alpha value is -2.69. The van der Waals surface area contributed by atoms with Crippen LogP contribution in [0.1, 0.15) is 18.4 Å². The number of amides is 2. The molecule has 1 atom stereocenters. The van der Waals surface area contributed by atoms with Crippen molar-refractivity contribution >= 4 is 17.5 Å². The van der Waals surface area contributed by atoms with Gasteiger partial charge < -0.3 is 9.80 Å². The van der Waals surface area contributed by atoms with Crippen LogP contribution in [0.25, 0.3) is 0 Å². The molecule has 4 nitrogen and oxygen atoms in total.